The number of primary amides is 1. The van der Waals surface area contributed by atoms with Crippen molar-refractivity contribution in [3.05, 3.63) is 59.4 Å². The van der Waals surface area contributed by atoms with Gasteiger partial charge < -0.3 is 11.1 Å². The number of nitrogens with zero attached hydrogens (tertiary/aromatic N) is 2. The lowest BCUT2D eigenvalue weighted by Crippen LogP contribution is -2.39. The number of carbonyl (C=O) groups is 2. The number of hydrogen-bond donors (Lipinski definition) is 2. The third-order valence-electron chi connectivity index (χ3n) is 4.38. The van der Waals surface area contributed by atoms with Gasteiger partial charge in [0.1, 0.15) is 5.69 Å². The van der Waals surface area contributed by atoms with Gasteiger partial charge in [-0.25, -0.2) is 4.98 Å². The summed E-state index contributed by atoms with van der Waals surface area (Å²) in [5, 5.41) is 2.87. The van der Waals surface area contributed by atoms with E-state index in [4.69, 9.17) is 5.73 Å². The molecular formula is C19H22N4O2. The topological polar surface area (TPSA) is 88.3 Å². The van der Waals surface area contributed by atoms with E-state index in [0.717, 1.165) is 30.6 Å². The van der Waals surface area contributed by atoms with Gasteiger partial charge >= 0.3 is 0 Å². The van der Waals surface area contributed by atoms with Crippen molar-refractivity contribution in [2.75, 3.05) is 11.9 Å². The van der Waals surface area contributed by atoms with E-state index in [2.05, 4.69) is 15.2 Å². The first-order valence-corrected chi connectivity index (χ1v) is 8.40. The summed E-state index contributed by atoms with van der Waals surface area (Å²) in [6.07, 6.45) is 1.79. The van der Waals surface area contributed by atoms with E-state index in [1.54, 1.807) is 6.07 Å². The van der Waals surface area contributed by atoms with Crippen LogP contribution in [-0.4, -0.2) is 34.3 Å². The number of nitrogens with two attached hydrogens (primary N) is 1. The fourth-order valence-corrected chi connectivity index (χ4v) is 3.18. The van der Waals surface area contributed by atoms with Crippen LogP contribution >= 0.6 is 0 Å². The number of amides is 2. The Morgan fingerprint density at radius 1 is 1.28 bits per heavy atom. The lowest BCUT2D eigenvalue weighted by Gasteiger charge is -2.22. The van der Waals surface area contributed by atoms with Crippen LogP contribution in [-0.2, 0) is 11.3 Å². The van der Waals surface area contributed by atoms with E-state index in [0.29, 0.717) is 17.9 Å². The highest BCUT2D eigenvalue weighted by Gasteiger charge is 2.28. The molecule has 2 amide bonds. The molecule has 0 bridgehead atoms. The maximum atomic E-state index is 12.3. The summed E-state index contributed by atoms with van der Waals surface area (Å²) in [5.41, 5.74) is 8.40. The molecule has 1 aliphatic rings. The largest absolute Gasteiger partial charge is 0.368 e. The van der Waals surface area contributed by atoms with Crippen molar-refractivity contribution in [3.8, 4) is 0 Å². The van der Waals surface area contributed by atoms with Gasteiger partial charge in [-0.1, -0.05) is 18.2 Å². The summed E-state index contributed by atoms with van der Waals surface area (Å²) in [5.74, 6) is -0.510. The monoisotopic (exact) mass is 338 g/mol. The summed E-state index contributed by atoms with van der Waals surface area (Å²) < 4.78 is 0. The minimum Gasteiger partial charge on any atom is -0.368 e. The van der Waals surface area contributed by atoms with Crippen molar-refractivity contribution >= 4 is 17.5 Å². The molecule has 3 rings (SSSR count). The Hall–Kier alpha value is -2.73. The second-order valence-electron chi connectivity index (χ2n) is 6.35. The highest BCUT2D eigenvalue weighted by Crippen LogP contribution is 2.21. The zero-order valence-electron chi connectivity index (χ0n) is 14.2. The van der Waals surface area contributed by atoms with Crippen LogP contribution in [0.3, 0.4) is 0 Å². The van der Waals surface area contributed by atoms with E-state index >= 15 is 0 Å². The highest BCUT2D eigenvalue weighted by atomic mass is 16.2. The lowest BCUT2D eigenvalue weighted by molar-refractivity contribution is -0.122. The Kier molecular flexibility index (Phi) is 5.09. The first-order chi connectivity index (χ1) is 12.0. The van der Waals surface area contributed by atoms with Crippen LogP contribution in [0.15, 0.2) is 42.5 Å². The van der Waals surface area contributed by atoms with Crippen LogP contribution in [0.5, 0.6) is 0 Å². The van der Waals surface area contributed by atoms with Gasteiger partial charge in [0.15, 0.2) is 0 Å². The van der Waals surface area contributed by atoms with Crippen molar-refractivity contribution < 1.29 is 9.59 Å². The number of carbonyl (C=O) groups excluding carboxylic acids is 2. The molecule has 1 saturated heterocycles. The zero-order chi connectivity index (χ0) is 17.8. The van der Waals surface area contributed by atoms with E-state index in [1.165, 1.54) is 0 Å². The summed E-state index contributed by atoms with van der Waals surface area (Å²) >= 11 is 0. The molecule has 1 aliphatic heterocycles. The number of anilines is 1. The molecule has 2 heterocycles. The number of rotatable bonds is 5. The number of nitrogens with one attached hydrogen (secondary N) is 1. The molecule has 1 unspecified atom stereocenters. The number of aryl methyl sites for hydroxylation is 1. The number of benzene rings is 1. The number of aromatic nitrogens is 1. The fraction of sp³-hybridized carbons (Fsp3) is 0.316. The molecule has 6 heteroatoms. The molecule has 0 spiro atoms. The second kappa shape index (κ2) is 7.44. The van der Waals surface area contributed by atoms with Crippen molar-refractivity contribution in [1.29, 1.82) is 0 Å². The third-order valence-corrected chi connectivity index (χ3v) is 4.38. The molecule has 1 fully saturated rings. The maximum absolute atomic E-state index is 12.3. The molecule has 1 aromatic carbocycles. The number of pyridine rings is 1. The average molecular weight is 338 g/mol. The van der Waals surface area contributed by atoms with Crippen LogP contribution in [0.2, 0.25) is 0 Å². The first kappa shape index (κ1) is 17.1. The van der Waals surface area contributed by atoms with E-state index in [9.17, 15) is 9.59 Å². The molecule has 1 atom stereocenters. The smallest absolute Gasteiger partial charge is 0.274 e. The van der Waals surface area contributed by atoms with Crippen LogP contribution in [0, 0.1) is 6.92 Å². The normalized spacial score (nSPS) is 17.4. The first-order valence-electron chi connectivity index (χ1n) is 8.40. The quantitative estimate of drug-likeness (QED) is 0.874. The van der Waals surface area contributed by atoms with Gasteiger partial charge in [-0.2, -0.15) is 0 Å². The Morgan fingerprint density at radius 3 is 2.84 bits per heavy atom. The minimum absolute atomic E-state index is 0.199. The average Bonchev–Trinajstić information content (AvgIpc) is 3.03. The molecule has 0 aliphatic carbocycles. The highest BCUT2D eigenvalue weighted by molar-refractivity contribution is 6.02. The standard InChI is InChI=1S/C19H22N4O2/c1-13-5-2-8-16(21-13)19(25)22-15-7-3-6-14(11-15)12-23-10-4-9-17(23)18(20)24/h2-3,5-8,11,17H,4,9-10,12H2,1H3,(H2,20,24)(H,22,25). The van der Waals surface area contributed by atoms with Gasteiger partial charge in [0, 0.05) is 17.9 Å². The summed E-state index contributed by atoms with van der Waals surface area (Å²) in [4.78, 5) is 30.2. The molecule has 6 nitrogen and oxygen atoms in total. The Labute approximate surface area is 147 Å². The molecule has 1 aromatic heterocycles. The van der Waals surface area contributed by atoms with Gasteiger partial charge in [0.25, 0.3) is 5.91 Å². The van der Waals surface area contributed by atoms with Gasteiger partial charge in [-0.3, -0.25) is 14.5 Å². The fourth-order valence-electron chi connectivity index (χ4n) is 3.18. The van der Waals surface area contributed by atoms with Gasteiger partial charge in [-0.05, 0) is 56.1 Å². The zero-order valence-corrected chi connectivity index (χ0v) is 14.2. The molecule has 130 valence electrons. The molecular weight excluding hydrogens is 316 g/mol. The summed E-state index contributed by atoms with van der Waals surface area (Å²) in [6, 6.07) is 12.8. The van der Waals surface area contributed by atoms with E-state index in [1.807, 2.05) is 43.3 Å². The van der Waals surface area contributed by atoms with E-state index in [-0.39, 0.29) is 17.9 Å². The Morgan fingerprint density at radius 2 is 2.08 bits per heavy atom. The summed E-state index contributed by atoms with van der Waals surface area (Å²) in [6.45, 7) is 3.35. The van der Waals surface area contributed by atoms with Gasteiger partial charge in [-0.15, -0.1) is 0 Å². The molecule has 0 radical (unpaired) electrons. The molecule has 25 heavy (non-hydrogen) atoms. The van der Waals surface area contributed by atoms with Crippen molar-refractivity contribution in [3.63, 3.8) is 0 Å². The third kappa shape index (κ3) is 4.22. The molecule has 0 saturated carbocycles. The molecule has 2 aromatic rings. The number of likely N-dealkylation sites (tertiary alicyclic amines) is 1. The van der Waals surface area contributed by atoms with Crippen LogP contribution in [0.4, 0.5) is 5.69 Å². The Bertz CT molecular complexity index is 790. The van der Waals surface area contributed by atoms with Crippen molar-refractivity contribution in [2.24, 2.45) is 5.73 Å². The Balaban J connectivity index is 1.69. The van der Waals surface area contributed by atoms with Crippen molar-refractivity contribution in [2.45, 2.75) is 32.4 Å². The second-order valence-corrected chi connectivity index (χ2v) is 6.35. The van der Waals surface area contributed by atoms with Gasteiger partial charge in [0.2, 0.25) is 5.91 Å². The van der Waals surface area contributed by atoms with Gasteiger partial charge in [0.05, 0.1) is 6.04 Å². The van der Waals surface area contributed by atoms with E-state index < -0.39 is 0 Å². The SMILES string of the molecule is Cc1cccc(C(=O)Nc2cccc(CN3CCCC3C(N)=O)c2)n1. The number of hydrogen-bond acceptors (Lipinski definition) is 4. The predicted molar refractivity (Wildman–Crippen MR) is 96.0 cm³/mol. The van der Waals surface area contributed by atoms with Crippen LogP contribution in [0.25, 0.3) is 0 Å². The van der Waals surface area contributed by atoms with Crippen LogP contribution in [0.1, 0.15) is 34.6 Å². The maximum Gasteiger partial charge on any atom is 0.274 e. The predicted octanol–water partition coefficient (Wildman–Crippen LogP) is 2.09. The van der Waals surface area contributed by atoms with Crippen LogP contribution < -0.4 is 11.1 Å². The summed E-state index contributed by atoms with van der Waals surface area (Å²) in [7, 11) is 0. The lowest BCUT2D eigenvalue weighted by atomic mass is 10.1. The molecule has 3 N–H and O–H groups in total. The minimum atomic E-state index is -0.271. The van der Waals surface area contributed by atoms with Crippen molar-refractivity contribution in [1.82, 2.24) is 9.88 Å².